The smallest absolute Gasteiger partial charge is 0.341 e. The van der Waals surface area contributed by atoms with Crippen LogP contribution in [0.2, 0.25) is 0 Å². The van der Waals surface area contributed by atoms with Gasteiger partial charge in [0, 0.05) is 0 Å². The number of benzene rings is 1. The molecule has 0 atom stereocenters. The molecule has 0 saturated heterocycles. The van der Waals surface area contributed by atoms with Gasteiger partial charge in [0.1, 0.15) is 16.8 Å². The Kier molecular flexibility index (Phi) is 5.72. The third kappa shape index (κ3) is 4.31. The standard InChI is InChI=1S/C16H14N2O4S/c1-2-21-16(20)12-7-8-23-15(12)18-14(19)10-22-13-6-4-3-5-11(13)9-17/h3-8H,2,10H2,1H3,(H,18,19). The lowest BCUT2D eigenvalue weighted by Crippen LogP contribution is -2.21. The number of ether oxygens (including phenoxy) is 2. The van der Waals surface area contributed by atoms with Crippen molar-refractivity contribution in [3.8, 4) is 11.8 Å². The van der Waals surface area contributed by atoms with Gasteiger partial charge in [0.25, 0.3) is 5.91 Å². The second kappa shape index (κ2) is 7.96. The van der Waals surface area contributed by atoms with E-state index in [0.717, 1.165) is 0 Å². The van der Waals surface area contributed by atoms with Crippen molar-refractivity contribution in [3.63, 3.8) is 0 Å². The molecule has 2 aromatic rings. The molecule has 23 heavy (non-hydrogen) atoms. The molecule has 0 saturated carbocycles. The number of amides is 1. The summed E-state index contributed by atoms with van der Waals surface area (Å²) in [5.41, 5.74) is 0.659. The fourth-order valence-electron chi connectivity index (χ4n) is 1.77. The summed E-state index contributed by atoms with van der Waals surface area (Å²) < 4.78 is 10.3. The van der Waals surface area contributed by atoms with Crippen LogP contribution in [0.1, 0.15) is 22.8 Å². The number of esters is 1. The first-order chi connectivity index (χ1) is 11.2. The van der Waals surface area contributed by atoms with Crippen LogP contribution in [0.4, 0.5) is 5.00 Å². The van der Waals surface area contributed by atoms with Crippen molar-refractivity contribution in [2.45, 2.75) is 6.92 Å². The van der Waals surface area contributed by atoms with Crippen LogP contribution in [0.15, 0.2) is 35.7 Å². The Morgan fingerprint density at radius 2 is 2.09 bits per heavy atom. The zero-order valence-corrected chi connectivity index (χ0v) is 13.2. The number of anilines is 1. The van der Waals surface area contributed by atoms with Crippen LogP contribution in [0, 0.1) is 11.3 Å². The molecular formula is C16H14N2O4S. The van der Waals surface area contributed by atoms with Gasteiger partial charge in [-0.3, -0.25) is 4.79 Å². The van der Waals surface area contributed by atoms with Gasteiger partial charge in [0.2, 0.25) is 0 Å². The second-order valence-corrected chi connectivity index (χ2v) is 5.24. The molecule has 0 aliphatic heterocycles. The number of nitriles is 1. The molecule has 1 aromatic heterocycles. The monoisotopic (exact) mass is 330 g/mol. The molecule has 1 aromatic carbocycles. The fourth-order valence-corrected chi connectivity index (χ4v) is 2.56. The molecule has 0 aliphatic carbocycles. The summed E-state index contributed by atoms with van der Waals surface area (Å²) >= 11 is 1.22. The molecule has 0 fully saturated rings. The second-order valence-electron chi connectivity index (χ2n) is 4.33. The molecule has 0 unspecified atom stereocenters. The SMILES string of the molecule is CCOC(=O)c1ccsc1NC(=O)COc1ccccc1C#N. The third-order valence-electron chi connectivity index (χ3n) is 2.78. The molecule has 0 spiro atoms. The van der Waals surface area contributed by atoms with Crippen molar-refractivity contribution in [3.05, 3.63) is 46.8 Å². The van der Waals surface area contributed by atoms with Gasteiger partial charge in [-0.05, 0) is 30.5 Å². The van der Waals surface area contributed by atoms with E-state index in [9.17, 15) is 9.59 Å². The number of nitrogens with one attached hydrogen (secondary N) is 1. The van der Waals surface area contributed by atoms with Gasteiger partial charge in [0.05, 0.1) is 17.7 Å². The number of rotatable bonds is 6. The van der Waals surface area contributed by atoms with Crippen LogP contribution >= 0.6 is 11.3 Å². The molecule has 2 rings (SSSR count). The van der Waals surface area contributed by atoms with Gasteiger partial charge in [-0.25, -0.2) is 4.79 Å². The van der Waals surface area contributed by atoms with Gasteiger partial charge < -0.3 is 14.8 Å². The van der Waals surface area contributed by atoms with Crippen molar-refractivity contribution in [1.29, 1.82) is 5.26 Å². The summed E-state index contributed by atoms with van der Waals surface area (Å²) in [6, 6.07) is 10.2. The molecular weight excluding hydrogens is 316 g/mol. The number of hydrogen-bond acceptors (Lipinski definition) is 6. The number of carbonyl (C=O) groups is 2. The Labute approximate surface area is 137 Å². The van der Waals surface area contributed by atoms with E-state index in [0.29, 0.717) is 21.9 Å². The Morgan fingerprint density at radius 1 is 1.30 bits per heavy atom. The zero-order chi connectivity index (χ0) is 16.7. The highest BCUT2D eigenvalue weighted by Crippen LogP contribution is 2.24. The Hall–Kier alpha value is -2.85. The maximum absolute atomic E-state index is 12.0. The first-order valence-electron chi connectivity index (χ1n) is 6.82. The predicted molar refractivity (Wildman–Crippen MR) is 85.6 cm³/mol. The van der Waals surface area contributed by atoms with E-state index in [1.807, 2.05) is 6.07 Å². The number of carbonyl (C=O) groups excluding carboxylic acids is 2. The topological polar surface area (TPSA) is 88.4 Å². The van der Waals surface area contributed by atoms with E-state index in [2.05, 4.69) is 5.32 Å². The van der Waals surface area contributed by atoms with E-state index in [4.69, 9.17) is 14.7 Å². The summed E-state index contributed by atoms with van der Waals surface area (Å²) in [5, 5.41) is 13.7. The van der Waals surface area contributed by atoms with Crippen LogP contribution < -0.4 is 10.1 Å². The fraction of sp³-hybridized carbons (Fsp3) is 0.188. The minimum atomic E-state index is -0.486. The largest absolute Gasteiger partial charge is 0.482 e. The first-order valence-corrected chi connectivity index (χ1v) is 7.70. The van der Waals surface area contributed by atoms with Crippen LogP contribution in [0.25, 0.3) is 0 Å². The minimum Gasteiger partial charge on any atom is -0.482 e. The highest BCUT2D eigenvalue weighted by atomic mass is 32.1. The summed E-state index contributed by atoms with van der Waals surface area (Å²) in [6.07, 6.45) is 0. The normalized spacial score (nSPS) is 9.74. The third-order valence-corrected chi connectivity index (χ3v) is 3.61. The Bertz CT molecular complexity index is 749. The number of thiophene rings is 1. The van der Waals surface area contributed by atoms with Gasteiger partial charge >= 0.3 is 5.97 Å². The van der Waals surface area contributed by atoms with E-state index < -0.39 is 11.9 Å². The summed E-state index contributed by atoms with van der Waals surface area (Å²) in [7, 11) is 0. The highest BCUT2D eigenvalue weighted by molar-refractivity contribution is 7.14. The van der Waals surface area contributed by atoms with Crippen molar-refractivity contribution in [1.82, 2.24) is 0 Å². The van der Waals surface area contributed by atoms with E-state index in [-0.39, 0.29) is 13.2 Å². The molecule has 0 radical (unpaired) electrons. The summed E-state index contributed by atoms with van der Waals surface area (Å²) in [4.78, 5) is 23.7. The molecule has 6 nitrogen and oxygen atoms in total. The average Bonchev–Trinajstić information content (AvgIpc) is 3.01. The van der Waals surface area contributed by atoms with Gasteiger partial charge in [0.15, 0.2) is 6.61 Å². The molecule has 0 aliphatic rings. The minimum absolute atomic E-state index is 0.260. The van der Waals surface area contributed by atoms with E-state index in [1.54, 1.807) is 42.6 Å². The van der Waals surface area contributed by atoms with E-state index >= 15 is 0 Å². The van der Waals surface area contributed by atoms with Crippen molar-refractivity contribution >= 4 is 28.2 Å². The summed E-state index contributed by atoms with van der Waals surface area (Å²) in [5.74, 6) is -0.576. The van der Waals surface area contributed by atoms with Crippen LogP contribution in [0.3, 0.4) is 0 Å². The quantitative estimate of drug-likeness (QED) is 0.823. The van der Waals surface area contributed by atoms with Crippen molar-refractivity contribution in [2.24, 2.45) is 0 Å². The lowest BCUT2D eigenvalue weighted by molar-refractivity contribution is -0.118. The van der Waals surface area contributed by atoms with Crippen LogP contribution in [0.5, 0.6) is 5.75 Å². The lowest BCUT2D eigenvalue weighted by atomic mass is 10.2. The van der Waals surface area contributed by atoms with Crippen molar-refractivity contribution in [2.75, 3.05) is 18.5 Å². The molecule has 1 N–H and O–H groups in total. The molecule has 7 heteroatoms. The number of nitrogens with zero attached hydrogens (tertiary/aromatic N) is 1. The Balaban J connectivity index is 1.97. The number of para-hydroxylation sites is 1. The van der Waals surface area contributed by atoms with Crippen LogP contribution in [-0.4, -0.2) is 25.1 Å². The zero-order valence-electron chi connectivity index (χ0n) is 12.4. The molecule has 118 valence electrons. The summed E-state index contributed by atoms with van der Waals surface area (Å²) in [6.45, 7) is 1.71. The molecule has 0 bridgehead atoms. The van der Waals surface area contributed by atoms with Crippen molar-refractivity contribution < 1.29 is 19.1 Å². The van der Waals surface area contributed by atoms with Crippen LogP contribution in [-0.2, 0) is 9.53 Å². The predicted octanol–water partition coefficient (Wildman–Crippen LogP) is 2.81. The lowest BCUT2D eigenvalue weighted by Gasteiger charge is -2.08. The van der Waals surface area contributed by atoms with Gasteiger partial charge in [-0.1, -0.05) is 12.1 Å². The van der Waals surface area contributed by atoms with Gasteiger partial charge in [-0.15, -0.1) is 11.3 Å². The molecule has 1 amide bonds. The van der Waals surface area contributed by atoms with Gasteiger partial charge in [-0.2, -0.15) is 5.26 Å². The Morgan fingerprint density at radius 3 is 2.83 bits per heavy atom. The van der Waals surface area contributed by atoms with E-state index in [1.165, 1.54) is 11.3 Å². The molecule has 1 heterocycles. The first kappa shape index (κ1) is 16.5. The maximum Gasteiger partial charge on any atom is 0.341 e. The average molecular weight is 330 g/mol. The maximum atomic E-state index is 12.0. The highest BCUT2D eigenvalue weighted by Gasteiger charge is 2.16. The number of hydrogen-bond donors (Lipinski definition) is 1.